The van der Waals surface area contributed by atoms with E-state index in [0.29, 0.717) is 5.76 Å². The number of para-hydroxylation sites is 2. The number of hydrogen-bond donors (Lipinski definition) is 1. The number of amides is 1. The molecule has 1 unspecified atom stereocenters. The Bertz CT molecular complexity index is 624. The number of nitro groups is 1. The quantitative estimate of drug-likeness (QED) is 0.650. The summed E-state index contributed by atoms with van der Waals surface area (Å²) in [5, 5.41) is 13.5. The molecule has 0 fully saturated rings. The third-order valence-corrected chi connectivity index (χ3v) is 2.75. The Morgan fingerprint density at radius 3 is 2.81 bits per heavy atom. The summed E-state index contributed by atoms with van der Waals surface area (Å²) >= 11 is 0. The van der Waals surface area contributed by atoms with E-state index >= 15 is 0 Å². The molecule has 2 rings (SSSR count). The number of rotatable bonds is 6. The number of carbonyl (C=O) groups is 1. The molecule has 0 aliphatic heterocycles. The van der Waals surface area contributed by atoms with Crippen molar-refractivity contribution in [1.82, 2.24) is 5.32 Å². The molecule has 0 aliphatic rings. The summed E-state index contributed by atoms with van der Waals surface area (Å²) in [6, 6.07) is 9.36. The minimum Gasteiger partial charge on any atom is -0.474 e. The van der Waals surface area contributed by atoms with Gasteiger partial charge < -0.3 is 14.5 Å². The van der Waals surface area contributed by atoms with Gasteiger partial charge in [-0.1, -0.05) is 12.1 Å². The van der Waals surface area contributed by atoms with Gasteiger partial charge in [0.05, 0.1) is 17.7 Å². The number of nitro benzene ring substituents is 1. The average Bonchev–Trinajstić information content (AvgIpc) is 2.98. The van der Waals surface area contributed by atoms with Crippen LogP contribution in [0.15, 0.2) is 47.1 Å². The molecule has 2 aromatic rings. The van der Waals surface area contributed by atoms with Crippen molar-refractivity contribution in [3.63, 3.8) is 0 Å². The molecular weight excluding hydrogens is 276 g/mol. The Balaban J connectivity index is 1.96. The molecule has 0 aliphatic carbocycles. The Morgan fingerprint density at radius 2 is 2.14 bits per heavy atom. The van der Waals surface area contributed by atoms with Crippen LogP contribution in [0.25, 0.3) is 0 Å². The normalized spacial score (nSPS) is 11.7. The Labute approximate surface area is 120 Å². The molecule has 1 atom stereocenters. The first-order chi connectivity index (χ1) is 10.1. The maximum absolute atomic E-state index is 11.9. The summed E-state index contributed by atoms with van der Waals surface area (Å²) in [4.78, 5) is 22.2. The summed E-state index contributed by atoms with van der Waals surface area (Å²) < 4.78 is 10.4. The lowest BCUT2D eigenvalue weighted by Gasteiger charge is -2.14. The van der Waals surface area contributed by atoms with Crippen LogP contribution >= 0.6 is 0 Å². The van der Waals surface area contributed by atoms with Crippen LogP contribution in [-0.4, -0.2) is 16.9 Å². The van der Waals surface area contributed by atoms with Gasteiger partial charge in [0.25, 0.3) is 5.91 Å². The van der Waals surface area contributed by atoms with E-state index in [1.807, 2.05) is 0 Å². The van der Waals surface area contributed by atoms with E-state index in [9.17, 15) is 14.9 Å². The molecule has 1 heterocycles. The van der Waals surface area contributed by atoms with Crippen molar-refractivity contribution in [3.8, 4) is 5.75 Å². The summed E-state index contributed by atoms with van der Waals surface area (Å²) in [5.41, 5.74) is -0.178. The van der Waals surface area contributed by atoms with Crippen molar-refractivity contribution >= 4 is 11.6 Å². The molecule has 1 N–H and O–H groups in total. The first-order valence-electron chi connectivity index (χ1n) is 6.28. The third kappa shape index (κ3) is 3.82. The molecule has 21 heavy (non-hydrogen) atoms. The molecule has 7 heteroatoms. The Kier molecular flexibility index (Phi) is 4.55. The van der Waals surface area contributed by atoms with Gasteiger partial charge >= 0.3 is 5.69 Å². The predicted molar refractivity (Wildman–Crippen MR) is 73.7 cm³/mol. The van der Waals surface area contributed by atoms with Crippen LogP contribution < -0.4 is 10.1 Å². The number of carbonyl (C=O) groups excluding carboxylic acids is 1. The van der Waals surface area contributed by atoms with Crippen LogP contribution in [-0.2, 0) is 11.3 Å². The van der Waals surface area contributed by atoms with Gasteiger partial charge in [-0.3, -0.25) is 14.9 Å². The van der Waals surface area contributed by atoms with Crippen molar-refractivity contribution in [2.45, 2.75) is 19.6 Å². The SMILES string of the molecule is CC(Oc1ccccc1[N+](=O)[O-])C(=O)NCc1ccco1. The van der Waals surface area contributed by atoms with Gasteiger partial charge in [0.15, 0.2) is 11.9 Å². The second kappa shape index (κ2) is 6.56. The van der Waals surface area contributed by atoms with Crippen LogP contribution in [0.2, 0.25) is 0 Å². The lowest BCUT2D eigenvalue weighted by molar-refractivity contribution is -0.386. The Hall–Kier alpha value is -2.83. The highest BCUT2D eigenvalue weighted by Crippen LogP contribution is 2.26. The number of hydrogen-bond acceptors (Lipinski definition) is 5. The first kappa shape index (κ1) is 14.6. The van der Waals surface area contributed by atoms with Crippen molar-refractivity contribution in [2.24, 2.45) is 0 Å². The van der Waals surface area contributed by atoms with Gasteiger partial charge in [0.2, 0.25) is 0 Å². The minimum absolute atomic E-state index is 0.0585. The van der Waals surface area contributed by atoms with Crippen molar-refractivity contribution in [3.05, 3.63) is 58.5 Å². The maximum Gasteiger partial charge on any atom is 0.310 e. The molecule has 0 saturated heterocycles. The van der Waals surface area contributed by atoms with E-state index in [1.54, 1.807) is 18.2 Å². The summed E-state index contributed by atoms with van der Waals surface area (Å²) in [6.45, 7) is 1.75. The topological polar surface area (TPSA) is 94.6 Å². The molecule has 0 saturated carbocycles. The fourth-order valence-electron chi connectivity index (χ4n) is 1.68. The minimum atomic E-state index is -0.860. The first-order valence-corrected chi connectivity index (χ1v) is 6.28. The number of ether oxygens (including phenoxy) is 1. The van der Waals surface area contributed by atoms with E-state index < -0.39 is 11.0 Å². The molecule has 7 nitrogen and oxygen atoms in total. The standard InChI is InChI=1S/C14H14N2O5/c1-10(14(17)15-9-11-5-4-8-20-11)21-13-7-3-2-6-12(13)16(18)19/h2-8,10H,9H2,1H3,(H,15,17). The van der Waals surface area contributed by atoms with E-state index in [4.69, 9.17) is 9.15 Å². The van der Waals surface area contributed by atoms with Crippen LogP contribution in [0, 0.1) is 10.1 Å². The summed E-state index contributed by atoms with van der Waals surface area (Å²) in [5.74, 6) is 0.286. The lowest BCUT2D eigenvalue weighted by Crippen LogP contribution is -2.35. The molecule has 1 aromatic carbocycles. The van der Waals surface area contributed by atoms with Crippen molar-refractivity contribution in [1.29, 1.82) is 0 Å². The highest BCUT2D eigenvalue weighted by Gasteiger charge is 2.20. The van der Waals surface area contributed by atoms with Crippen molar-refractivity contribution in [2.75, 3.05) is 0 Å². The van der Waals surface area contributed by atoms with Gasteiger partial charge in [-0.2, -0.15) is 0 Å². The van der Waals surface area contributed by atoms with E-state index in [0.717, 1.165) is 0 Å². The van der Waals surface area contributed by atoms with Gasteiger partial charge in [0.1, 0.15) is 5.76 Å². The van der Waals surface area contributed by atoms with Crippen LogP contribution in [0.4, 0.5) is 5.69 Å². The van der Waals surface area contributed by atoms with Gasteiger partial charge in [0, 0.05) is 6.07 Å². The molecule has 1 amide bonds. The molecule has 0 radical (unpaired) electrons. The summed E-state index contributed by atoms with van der Waals surface area (Å²) in [6.07, 6.45) is 0.649. The average molecular weight is 290 g/mol. The molecule has 0 spiro atoms. The zero-order chi connectivity index (χ0) is 15.2. The van der Waals surface area contributed by atoms with E-state index in [2.05, 4.69) is 5.32 Å². The van der Waals surface area contributed by atoms with Crippen LogP contribution in [0.5, 0.6) is 5.75 Å². The number of benzene rings is 1. The molecule has 0 bridgehead atoms. The third-order valence-electron chi connectivity index (χ3n) is 2.75. The molecular formula is C14H14N2O5. The zero-order valence-corrected chi connectivity index (χ0v) is 11.3. The second-order valence-electron chi connectivity index (χ2n) is 4.28. The maximum atomic E-state index is 11.9. The van der Waals surface area contributed by atoms with Gasteiger partial charge in [-0.25, -0.2) is 0 Å². The van der Waals surface area contributed by atoms with Gasteiger partial charge in [-0.05, 0) is 25.1 Å². The van der Waals surface area contributed by atoms with E-state index in [-0.39, 0.29) is 23.9 Å². The second-order valence-corrected chi connectivity index (χ2v) is 4.28. The predicted octanol–water partition coefficient (Wildman–Crippen LogP) is 2.27. The van der Waals surface area contributed by atoms with Gasteiger partial charge in [-0.15, -0.1) is 0 Å². The smallest absolute Gasteiger partial charge is 0.310 e. The van der Waals surface area contributed by atoms with E-state index in [1.165, 1.54) is 31.4 Å². The zero-order valence-electron chi connectivity index (χ0n) is 11.3. The Morgan fingerprint density at radius 1 is 1.38 bits per heavy atom. The highest BCUT2D eigenvalue weighted by molar-refractivity contribution is 5.80. The lowest BCUT2D eigenvalue weighted by atomic mass is 10.3. The highest BCUT2D eigenvalue weighted by atomic mass is 16.6. The fourth-order valence-corrected chi connectivity index (χ4v) is 1.68. The molecule has 110 valence electrons. The number of nitrogens with one attached hydrogen (secondary N) is 1. The number of nitrogens with zero attached hydrogens (tertiary/aromatic N) is 1. The molecule has 1 aromatic heterocycles. The monoisotopic (exact) mass is 290 g/mol. The van der Waals surface area contributed by atoms with Crippen LogP contribution in [0.3, 0.4) is 0 Å². The summed E-state index contributed by atoms with van der Waals surface area (Å²) in [7, 11) is 0. The largest absolute Gasteiger partial charge is 0.474 e. The fraction of sp³-hybridized carbons (Fsp3) is 0.214. The van der Waals surface area contributed by atoms with Crippen molar-refractivity contribution < 1.29 is 18.9 Å². The number of furan rings is 1. The van der Waals surface area contributed by atoms with Crippen LogP contribution in [0.1, 0.15) is 12.7 Å².